The second kappa shape index (κ2) is 7.68. The molecule has 2 saturated heterocycles. The summed E-state index contributed by atoms with van der Waals surface area (Å²) < 4.78 is 1.95. The molecule has 0 atom stereocenters. The van der Waals surface area contributed by atoms with Gasteiger partial charge in [-0.05, 0) is 37.5 Å². The number of likely N-dealkylation sites (tertiary alicyclic amines) is 1. The maximum Gasteiger partial charge on any atom is 0.253 e. The highest BCUT2D eigenvalue weighted by Gasteiger charge is 2.24. The summed E-state index contributed by atoms with van der Waals surface area (Å²) in [4.78, 5) is 35.7. The van der Waals surface area contributed by atoms with Crippen LogP contribution in [0.1, 0.15) is 29.6 Å². The minimum absolute atomic E-state index is 0.0512. The Hall–Kier alpha value is -2.41. The lowest BCUT2D eigenvalue weighted by Gasteiger charge is -2.24. The van der Waals surface area contributed by atoms with Crippen LogP contribution in [-0.4, -0.2) is 81.9 Å². The van der Waals surface area contributed by atoms with Gasteiger partial charge in [0, 0.05) is 51.9 Å². The van der Waals surface area contributed by atoms with Crippen LogP contribution in [0.25, 0.3) is 11.0 Å². The maximum atomic E-state index is 12.9. The van der Waals surface area contributed by atoms with E-state index < -0.39 is 0 Å². The number of hydrogen-bond donors (Lipinski definition) is 0. The van der Waals surface area contributed by atoms with Gasteiger partial charge >= 0.3 is 0 Å². The number of fused-ring (bicyclic) bond motifs is 1. The Morgan fingerprint density at radius 1 is 0.963 bits per heavy atom. The van der Waals surface area contributed by atoms with Gasteiger partial charge in [-0.25, -0.2) is 4.98 Å². The van der Waals surface area contributed by atoms with Crippen LogP contribution in [0.2, 0.25) is 0 Å². The number of hydrogen-bond acceptors (Lipinski definition) is 4. The van der Waals surface area contributed by atoms with E-state index in [1.54, 1.807) is 6.33 Å². The van der Waals surface area contributed by atoms with Crippen molar-refractivity contribution in [3.05, 3.63) is 30.1 Å². The standard InChI is InChI=1S/C20H27N5O2/c1-22-15-21-17-13-16(5-6-18(17)22)20(27)25-10-4-7-23(11-12-25)14-19(26)24-8-2-3-9-24/h5-6,13,15H,2-4,7-12,14H2,1H3. The van der Waals surface area contributed by atoms with E-state index in [4.69, 9.17) is 0 Å². The summed E-state index contributed by atoms with van der Waals surface area (Å²) in [6, 6.07) is 5.71. The largest absolute Gasteiger partial charge is 0.342 e. The average Bonchev–Trinajstić information content (AvgIpc) is 3.28. The third-order valence-corrected chi connectivity index (χ3v) is 5.67. The van der Waals surface area contributed by atoms with Gasteiger partial charge < -0.3 is 14.4 Å². The molecule has 0 aliphatic carbocycles. The van der Waals surface area contributed by atoms with Crippen molar-refractivity contribution < 1.29 is 9.59 Å². The van der Waals surface area contributed by atoms with Gasteiger partial charge in [0.1, 0.15) is 0 Å². The number of benzene rings is 1. The molecule has 0 N–H and O–H groups in total. The van der Waals surface area contributed by atoms with Crippen LogP contribution in [0.5, 0.6) is 0 Å². The molecule has 1 aromatic heterocycles. The van der Waals surface area contributed by atoms with Crippen molar-refractivity contribution in [3.63, 3.8) is 0 Å². The van der Waals surface area contributed by atoms with E-state index in [1.165, 1.54) is 0 Å². The molecule has 7 heteroatoms. The van der Waals surface area contributed by atoms with Gasteiger partial charge in [0.2, 0.25) is 5.91 Å². The van der Waals surface area contributed by atoms with Crippen molar-refractivity contribution in [1.29, 1.82) is 0 Å². The third-order valence-electron chi connectivity index (χ3n) is 5.67. The molecule has 0 unspecified atom stereocenters. The van der Waals surface area contributed by atoms with Crippen LogP contribution in [0.4, 0.5) is 0 Å². The van der Waals surface area contributed by atoms with Crippen molar-refractivity contribution >= 4 is 22.8 Å². The average molecular weight is 369 g/mol. The molecule has 0 spiro atoms. The fraction of sp³-hybridized carbons (Fsp3) is 0.550. The number of carbonyl (C=O) groups excluding carboxylic acids is 2. The zero-order chi connectivity index (χ0) is 18.8. The molecule has 0 bridgehead atoms. The quantitative estimate of drug-likeness (QED) is 0.819. The van der Waals surface area contributed by atoms with E-state index in [9.17, 15) is 9.59 Å². The smallest absolute Gasteiger partial charge is 0.253 e. The monoisotopic (exact) mass is 369 g/mol. The maximum absolute atomic E-state index is 12.9. The fourth-order valence-electron chi connectivity index (χ4n) is 4.04. The molecule has 2 aliphatic rings. The van der Waals surface area contributed by atoms with Gasteiger partial charge in [-0.15, -0.1) is 0 Å². The van der Waals surface area contributed by atoms with Gasteiger partial charge in [-0.1, -0.05) is 0 Å². The molecule has 7 nitrogen and oxygen atoms in total. The predicted octanol–water partition coefficient (Wildman–Crippen LogP) is 1.34. The zero-order valence-electron chi connectivity index (χ0n) is 15.9. The summed E-state index contributed by atoms with van der Waals surface area (Å²) in [5.41, 5.74) is 2.55. The molecule has 4 rings (SSSR count). The first-order chi connectivity index (χ1) is 13.1. The SMILES string of the molecule is Cn1cnc2cc(C(=O)N3CCCN(CC(=O)N4CCCC4)CC3)ccc21. The molecule has 27 heavy (non-hydrogen) atoms. The minimum atomic E-state index is 0.0512. The molecule has 1 aromatic carbocycles. The van der Waals surface area contributed by atoms with Gasteiger partial charge in [-0.2, -0.15) is 0 Å². The van der Waals surface area contributed by atoms with Gasteiger partial charge in [-0.3, -0.25) is 14.5 Å². The molecule has 144 valence electrons. The van der Waals surface area contributed by atoms with E-state index in [0.717, 1.165) is 63.0 Å². The summed E-state index contributed by atoms with van der Waals surface area (Å²) in [6.07, 6.45) is 4.90. The normalized spacial score (nSPS) is 18.9. The number of imidazole rings is 1. The van der Waals surface area contributed by atoms with Gasteiger partial charge in [0.05, 0.1) is 23.9 Å². The Morgan fingerprint density at radius 3 is 2.56 bits per heavy atom. The second-order valence-corrected chi connectivity index (χ2v) is 7.57. The highest BCUT2D eigenvalue weighted by molar-refractivity contribution is 5.97. The number of carbonyl (C=O) groups is 2. The van der Waals surface area contributed by atoms with E-state index in [0.29, 0.717) is 18.7 Å². The number of aromatic nitrogens is 2. The first-order valence-electron chi connectivity index (χ1n) is 9.82. The van der Waals surface area contributed by atoms with Gasteiger partial charge in [0.15, 0.2) is 0 Å². The molecular weight excluding hydrogens is 342 g/mol. The summed E-state index contributed by atoms with van der Waals surface area (Å²) >= 11 is 0. The Morgan fingerprint density at radius 2 is 1.74 bits per heavy atom. The van der Waals surface area contributed by atoms with Crippen LogP contribution in [0.3, 0.4) is 0 Å². The molecule has 3 heterocycles. The van der Waals surface area contributed by atoms with E-state index in [-0.39, 0.29) is 11.8 Å². The topological polar surface area (TPSA) is 61.7 Å². The van der Waals surface area contributed by atoms with Crippen molar-refractivity contribution in [3.8, 4) is 0 Å². The fourth-order valence-corrected chi connectivity index (χ4v) is 4.04. The molecule has 0 radical (unpaired) electrons. The van der Waals surface area contributed by atoms with Crippen LogP contribution in [0.15, 0.2) is 24.5 Å². The van der Waals surface area contributed by atoms with Gasteiger partial charge in [0.25, 0.3) is 5.91 Å². The minimum Gasteiger partial charge on any atom is -0.342 e. The van der Waals surface area contributed by atoms with E-state index in [2.05, 4.69) is 9.88 Å². The van der Waals surface area contributed by atoms with Crippen LogP contribution >= 0.6 is 0 Å². The molecule has 0 saturated carbocycles. The van der Waals surface area contributed by atoms with Crippen molar-refractivity contribution in [2.24, 2.45) is 7.05 Å². The number of amides is 2. The van der Waals surface area contributed by atoms with Crippen molar-refractivity contribution in [1.82, 2.24) is 24.3 Å². The number of nitrogens with zero attached hydrogens (tertiary/aromatic N) is 5. The highest BCUT2D eigenvalue weighted by Crippen LogP contribution is 2.17. The Labute approximate surface area is 159 Å². The lowest BCUT2D eigenvalue weighted by molar-refractivity contribution is -0.131. The summed E-state index contributed by atoms with van der Waals surface area (Å²) in [5.74, 6) is 0.281. The third kappa shape index (κ3) is 3.83. The first kappa shape index (κ1) is 18.0. The molecule has 2 amide bonds. The summed E-state index contributed by atoms with van der Waals surface area (Å²) in [5, 5.41) is 0. The number of rotatable bonds is 3. The zero-order valence-corrected chi connectivity index (χ0v) is 15.9. The Kier molecular flexibility index (Phi) is 5.11. The molecule has 2 fully saturated rings. The van der Waals surface area contributed by atoms with Crippen LogP contribution in [-0.2, 0) is 11.8 Å². The second-order valence-electron chi connectivity index (χ2n) is 7.57. The van der Waals surface area contributed by atoms with Crippen LogP contribution in [0, 0.1) is 0 Å². The Bertz CT molecular complexity index is 840. The summed E-state index contributed by atoms with van der Waals surface area (Å²) in [6.45, 7) is 5.27. The lowest BCUT2D eigenvalue weighted by atomic mass is 10.1. The lowest BCUT2D eigenvalue weighted by Crippen LogP contribution is -2.41. The molecule has 2 aliphatic heterocycles. The van der Waals surface area contributed by atoms with E-state index >= 15 is 0 Å². The van der Waals surface area contributed by atoms with E-state index in [1.807, 2.05) is 39.6 Å². The first-order valence-corrected chi connectivity index (χ1v) is 9.82. The Balaban J connectivity index is 1.37. The van der Waals surface area contributed by atoms with Crippen LogP contribution < -0.4 is 0 Å². The highest BCUT2D eigenvalue weighted by atomic mass is 16.2. The molecule has 2 aromatic rings. The van der Waals surface area contributed by atoms with Crippen molar-refractivity contribution in [2.75, 3.05) is 45.8 Å². The number of aryl methyl sites for hydroxylation is 1. The summed E-state index contributed by atoms with van der Waals surface area (Å²) in [7, 11) is 1.95. The predicted molar refractivity (Wildman–Crippen MR) is 103 cm³/mol. The van der Waals surface area contributed by atoms with Crippen molar-refractivity contribution in [2.45, 2.75) is 19.3 Å². The molecular formula is C20H27N5O2.